The molecular formula is C21H24N4O4. The largest absolute Gasteiger partial charge is 0.855 e. The highest BCUT2D eigenvalue weighted by molar-refractivity contribution is 5.88. The molecule has 3 aromatic rings. The zero-order chi connectivity index (χ0) is 20.8. The molecule has 29 heavy (non-hydrogen) atoms. The Morgan fingerprint density at radius 3 is 2.52 bits per heavy atom. The smallest absolute Gasteiger partial charge is 0.406 e. The molecule has 2 aromatic carbocycles. The molecule has 0 fully saturated rings. The van der Waals surface area contributed by atoms with Gasteiger partial charge in [0.15, 0.2) is 5.69 Å². The lowest BCUT2D eigenvalue weighted by atomic mass is 10.3. The van der Waals surface area contributed by atoms with Gasteiger partial charge in [0.05, 0.1) is 19.9 Å². The van der Waals surface area contributed by atoms with Crippen LogP contribution in [0, 0.1) is 0 Å². The van der Waals surface area contributed by atoms with Crippen LogP contribution in [0.2, 0.25) is 0 Å². The summed E-state index contributed by atoms with van der Waals surface area (Å²) in [5.41, 5.74) is 0.500. The van der Waals surface area contributed by atoms with Gasteiger partial charge < -0.3 is 14.6 Å². The molecule has 8 heteroatoms. The molecule has 0 radical (unpaired) electrons. The van der Waals surface area contributed by atoms with E-state index in [9.17, 15) is 9.90 Å². The molecule has 0 aliphatic rings. The molecule has 0 saturated heterocycles. The third-order valence-corrected chi connectivity index (χ3v) is 4.43. The highest BCUT2D eigenvalue weighted by Crippen LogP contribution is 2.19. The van der Waals surface area contributed by atoms with Crippen molar-refractivity contribution in [1.29, 1.82) is 0 Å². The molecule has 1 N–H and O–H groups in total. The number of aromatic nitrogens is 3. The minimum Gasteiger partial charge on any atom is -0.855 e. The maximum Gasteiger partial charge on any atom is 0.406 e. The first kappa shape index (κ1) is 20.2. The van der Waals surface area contributed by atoms with E-state index in [-0.39, 0.29) is 5.69 Å². The molecule has 152 valence electrons. The van der Waals surface area contributed by atoms with Gasteiger partial charge >= 0.3 is 5.56 Å². The van der Waals surface area contributed by atoms with Gasteiger partial charge in [0.25, 0.3) is 0 Å². The predicted molar refractivity (Wildman–Crippen MR) is 107 cm³/mol. The van der Waals surface area contributed by atoms with E-state index in [1.807, 2.05) is 6.92 Å². The second-order valence-electron chi connectivity index (χ2n) is 6.41. The number of nitrogens with one attached hydrogen (secondary N) is 1. The van der Waals surface area contributed by atoms with E-state index < -0.39 is 11.5 Å². The molecule has 0 aliphatic carbocycles. The van der Waals surface area contributed by atoms with Crippen molar-refractivity contribution in [3.8, 4) is 17.2 Å². The van der Waals surface area contributed by atoms with Crippen molar-refractivity contribution in [2.24, 2.45) is 4.99 Å². The van der Waals surface area contributed by atoms with Crippen LogP contribution in [0.5, 0.6) is 11.5 Å². The Morgan fingerprint density at radius 2 is 1.83 bits per heavy atom. The fourth-order valence-electron chi connectivity index (χ4n) is 2.90. The van der Waals surface area contributed by atoms with Crippen molar-refractivity contribution >= 4 is 11.6 Å². The monoisotopic (exact) mass is 396 g/mol. The molecule has 8 nitrogen and oxygen atoms in total. The van der Waals surface area contributed by atoms with Crippen molar-refractivity contribution in [1.82, 2.24) is 9.90 Å². The third kappa shape index (κ3) is 4.48. The van der Waals surface area contributed by atoms with Crippen LogP contribution in [-0.2, 0) is 6.54 Å². The van der Waals surface area contributed by atoms with Gasteiger partial charge in [0.1, 0.15) is 18.0 Å². The molecule has 0 atom stereocenters. The molecule has 1 heterocycles. The number of unbranched alkanes of at least 4 members (excludes halogenated alkanes) is 1. The maximum atomic E-state index is 13.1. The number of hydrogen-bond acceptors (Lipinski definition) is 5. The highest BCUT2D eigenvalue weighted by atomic mass is 16.5. The number of methoxy groups -OCH3 is 2. The Kier molecular flexibility index (Phi) is 6.33. The fourth-order valence-corrected chi connectivity index (χ4v) is 2.90. The van der Waals surface area contributed by atoms with Crippen LogP contribution < -0.4 is 24.8 Å². The average Bonchev–Trinajstić information content (AvgIpc) is 3.08. The summed E-state index contributed by atoms with van der Waals surface area (Å²) >= 11 is 0. The van der Waals surface area contributed by atoms with Crippen LogP contribution in [0.1, 0.15) is 25.5 Å². The summed E-state index contributed by atoms with van der Waals surface area (Å²) in [6, 6.07) is 13.9. The van der Waals surface area contributed by atoms with Crippen LogP contribution in [-0.4, -0.2) is 30.0 Å². The van der Waals surface area contributed by atoms with Gasteiger partial charge in [0.2, 0.25) is 5.69 Å². The quantitative estimate of drug-likeness (QED) is 0.356. The van der Waals surface area contributed by atoms with Crippen LogP contribution >= 0.6 is 0 Å². The second-order valence-corrected chi connectivity index (χ2v) is 6.41. The van der Waals surface area contributed by atoms with E-state index in [2.05, 4.69) is 10.2 Å². The molecule has 3 rings (SSSR count). The molecule has 0 saturated carbocycles. The minimum absolute atomic E-state index is 0.0240. The van der Waals surface area contributed by atoms with Crippen molar-refractivity contribution in [3.63, 3.8) is 0 Å². The fraction of sp³-hybridized carbons (Fsp3) is 0.286. The van der Waals surface area contributed by atoms with Crippen molar-refractivity contribution < 1.29 is 19.3 Å². The summed E-state index contributed by atoms with van der Waals surface area (Å²) in [6.45, 7) is 2.54. The van der Waals surface area contributed by atoms with Gasteiger partial charge in [-0.3, -0.25) is 4.99 Å². The van der Waals surface area contributed by atoms with Crippen molar-refractivity contribution in [2.75, 3.05) is 14.2 Å². The number of ether oxygens (including phenoxy) is 2. The first-order valence-electron chi connectivity index (χ1n) is 9.36. The average molecular weight is 396 g/mol. The zero-order valence-electron chi connectivity index (χ0n) is 16.7. The number of rotatable bonds is 8. The van der Waals surface area contributed by atoms with Crippen LogP contribution in [0.15, 0.2) is 58.3 Å². The molecule has 0 spiro atoms. The van der Waals surface area contributed by atoms with Gasteiger partial charge in [-0.15, -0.1) is 0 Å². The topological polar surface area (TPSA) is 95.5 Å². The molecule has 1 aromatic heterocycles. The Bertz CT molecular complexity index is 1070. The predicted octanol–water partition coefficient (Wildman–Crippen LogP) is 1.71. The maximum absolute atomic E-state index is 13.1. The standard InChI is InChI=1S/C21H24N4O4/c1-4-5-12-24-19(20(26)22-15-8-6-10-17(13-15)28-2)21(27)25(23-24)16-9-7-11-18(14-16)29-3/h6-11,13-14H,4-5,12H2,1-3H3,(H-,22,23,26,27). The third-order valence-electron chi connectivity index (χ3n) is 4.43. The van der Waals surface area contributed by atoms with Crippen molar-refractivity contribution in [2.45, 2.75) is 26.3 Å². The molecule has 0 amide bonds. The highest BCUT2D eigenvalue weighted by Gasteiger charge is 2.23. The number of aryl methyl sites for hydroxylation is 1. The van der Waals surface area contributed by atoms with Gasteiger partial charge in [0, 0.05) is 18.0 Å². The second kappa shape index (κ2) is 9.09. The number of benzene rings is 2. The van der Waals surface area contributed by atoms with E-state index in [1.54, 1.807) is 67.4 Å². The van der Waals surface area contributed by atoms with E-state index in [0.717, 1.165) is 12.8 Å². The summed E-state index contributed by atoms with van der Waals surface area (Å²) in [6.07, 6.45) is 1.72. The van der Waals surface area contributed by atoms with E-state index >= 15 is 0 Å². The van der Waals surface area contributed by atoms with Crippen LogP contribution in [0.3, 0.4) is 0 Å². The first-order valence-corrected chi connectivity index (χ1v) is 9.36. The summed E-state index contributed by atoms with van der Waals surface area (Å²) in [4.78, 5) is 17.2. The number of hydrogen-bond donors (Lipinski definition) is 1. The van der Waals surface area contributed by atoms with Gasteiger partial charge in [-0.1, -0.05) is 35.4 Å². The Hall–Kier alpha value is -3.55. The summed E-state index contributed by atoms with van der Waals surface area (Å²) < 4.78 is 13.3. The zero-order valence-corrected chi connectivity index (χ0v) is 16.7. The van der Waals surface area contributed by atoms with Crippen LogP contribution in [0.4, 0.5) is 5.69 Å². The van der Waals surface area contributed by atoms with E-state index in [1.165, 1.54) is 4.68 Å². The lowest BCUT2D eigenvalue weighted by molar-refractivity contribution is -0.757. The molecular weight excluding hydrogens is 372 g/mol. The van der Waals surface area contributed by atoms with Gasteiger partial charge in [-0.2, -0.15) is 4.68 Å². The Labute approximate surface area is 168 Å². The van der Waals surface area contributed by atoms with Crippen LogP contribution in [0.25, 0.3) is 5.69 Å². The summed E-state index contributed by atoms with van der Waals surface area (Å²) in [5, 5.41) is 15.9. The van der Waals surface area contributed by atoms with Gasteiger partial charge in [-0.25, -0.2) is 4.79 Å². The van der Waals surface area contributed by atoms with Crippen molar-refractivity contribution in [3.05, 3.63) is 64.6 Å². The Balaban J connectivity index is 2.09. The van der Waals surface area contributed by atoms with Gasteiger partial charge in [-0.05, 0) is 30.7 Å². The van der Waals surface area contributed by atoms with E-state index in [0.29, 0.717) is 29.4 Å². The number of aliphatic imine (C=N–C) groups is 1. The van der Waals surface area contributed by atoms with E-state index in [4.69, 9.17) is 9.47 Å². The normalized spacial score (nSPS) is 11.5. The minimum atomic E-state index is -0.614. The molecule has 0 bridgehead atoms. The number of H-pyrrole nitrogens is 1. The Morgan fingerprint density at radius 1 is 1.14 bits per heavy atom. The first-order chi connectivity index (χ1) is 14.1. The summed E-state index contributed by atoms with van der Waals surface area (Å²) in [7, 11) is 3.10. The summed E-state index contributed by atoms with van der Waals surface area (Å²) in [5.74, 6) is 0.580. The number of aromatic amines is 1. The lowest BCUT2D eigenvalue weighted by Gasteiger charge is -2.08. The SMILES string of the molecule is CCCC[n+]1[nH]n(-c2cccc(OC)c2)c(=O)c1C([O-])=Nc1cccc(OC)c1. The molecule has 0 unspecified atom stereocenters. The lowest BCUT2D eigenvalue weighted by Crippen LogP contribution is -2.46. The molecule has 0 aliphatic heterocycles. The number of nitrogens with zero attached hydrogens (tertiary/aromatic N) is 3.